The van der Waals surface area contributed by atoms with Crippen LogP contribution < -0.4 is 5.32 Å². The van der Waals surface area contributed by atoms with E-state index in [9.17, 15) is 0 Å². The molecule has 1 N–H and O–H groups in total. The third-order valence-electron chi connectivity index (χ3n) is 3.40. The molecule has 0 aromatic carbocycles. The number of pyridine rings is 1. The summed E-state index contributed by atoms with van der Waals surface area (Å²) in [5.74, 6) is 1.12. The molecule has 0 fully saturated rings. The van der Waals surface area contributed by atoms with Gasteiger partial charge in [0.05, 0.1) is 0 Å². The number of rotatable bonds is 6. The first-order valence-electron chi connectivity index (χ1n) is 6.91. The molecular weight excluding hydrogens is 236 g/mol. The van der Waals surface area contributed by atoms with Crippen molar-refractivity contribution in [1.29, 1.82) is 0 Å². The van der Waals surface area contributed by atoms with Gasteiger partial charge in [0.2, 0.25) is 0 Å². The lowest BCUT2D eigenvalue weighted by atomic mass is 10.0. The largest absolute Gasteiger partial charge is 0.335 e. The lowest BCUT2D eigenvalue weighted by Crippen LogP contribution is -2.25. The van der Waals surface area contributed by atoms with Crippen molar-refractivity contribution in [2.24, 2.45) is 0 Å². The Morgan fingerprint density at radius 2 is 2.11 bits per heavy atom. The van der Waals surface area contributed by atoms with Crippen LogP contribution in [0, 0.1) is 6.92 Å². The first-order valence-corrected chi connectivity index (χ1v) is 6.91. The minimum atomic E-state index is 0.270. The van der Waals surface area contributed by atoms with Crippen molar-refractivity contribution in [2.75, 3.05) is 6.54 Å². The summed E-state index contributed by atoms with van der Waals surface area (Å²) in [4.78, 5) is 8.85. The highest BCUT2D eigenvalue weighted by atomic mass is 15.1. The minimum absolute atomic E-state index is 0.270. The van der Waals surface area contributed by atoms with Gasteiger partial charge in [-0.3, -0.25) is 4.98 Å². The number of nitrogens with one attached hydrogen (secondary N) is 1. The van der Waals surface area contributed by atoms with Gasteiger partial charge in [0.25, 0.3) is 0 Å². The molecule has 2 aromatic rings. The summed E-state index contributed by atoms with van der Waals surface area (Å²) in [6.07, 6.45) is 6.64. The second kappa shape index (κ2) is 6.48. The number of aryl methyl sites for hydroxylation is 2. The van der Waals surface area contributed by atoms with Gasteiger partial charge in [-0.15, -0.1) is 0 Å². The zero-order valence-electron chi connectivity index (χ0n) is 11.9. The molecule has 4 nitrogen and oxygen atoms in total. The molecule has 0 spiro atoms. The fraction of sp³-hybridized carbons (Fsp3) is 0.467. The molecule has 0 bridgehead atoms. The Morgan fingerprint density at radius 1 is 1.26 bits per heavy atom. The molecule has 1 unspecified atom stereocenters. The maximum absolute atomic E-state index is 4.47. The average Bonchev–Trinajstić information content (AvgIpc) is 2.86. The predicted octanol–water partition coefficient (Wildman–Crippen LogP) is 2.50. The van der Waals surface area contributed by atoms with Crippen LogP contribution in [0.2, 0.25) is 0 Å². The number of nitrogens with zero attached hydrogens (tertiary/aromatic N) is 3. The van der Waals surface area contributed by atoms with Crippen LogP contribution in [-0.2, 0) is 13.0 Å². The number of imidazole rings is 1. The Morgan fingerprint density at radius 3 is 2.79 bits per heavy atom. The molecular formula is C15H22N4. The maximum atomic E-state index is 4.47. The molecule has 0 amide bonds. The minimum Gasteiger partial charge on any atom is -0.335 e. The number of hydrogen-bond acceptors (Lipinski definition) is 3. The molecule has 0 radical (unpaired) electrons. The number of likely N-dealkylation sites (N-methyl/N-ethyl adjacent to an activating group) is 1. The van der Waals surface area contributed by atoms with Gasteiger partial charge < -0.3 is 9.88 Å². The van der Waals surface area contributed by atoms with Gasteiger partial charge in [-0.25, -0.2) is 4.98 Å². The van der Waals surface area contributed by atoms with E-state index in [2.05, 4.69) is 46.7 Å². The lowest BCUT2D eigenvalue weighted by molar-refractivity contribution is 0.518. The predicted molar refractivity (Wildman–Crippen MR) is 77.0 cm³/mol. The van der Waals surface area contributed by atoms with E-state index in [0.29, 0.717) is 0 Å². The molecule has 0 aliphatic carbocycles. The Kier molecular flexibility index (Phi) is 4.68. The van der Waals surface area contributed by atoms with Crippen LogP contribution in [0.1, 0.15) is 37.0 Å². The molecule has 2 heterocycles. The first-order chi connectivity index (χ1) is 9.26. The van der Waals surface area contributed by atoms with Crippen LogP contribution in [0.25, 0.3) is 0 Å². The fourth-order valence-corrected chi connectivity index (χ4v) is 2.40. The van der Waals surface area contributed by atoms with Crippen molar-refractivity contribution >= 4 is 0 Å². The van der Waals surface area contributed by atoms with E-state index in [1.54, 1.807) is 0 Å². The van der Waals surface area contributed by atoms with Crippen molar-refractivity contribution in [1.82, 2.24) is 19.9 Å². The fourth-order valence-electron chi connectivity index (χ4n) is 2.40. The summed E-state index contributed by atoms with van der Waals surface area (Å²) in [5.41, 5.74) is 2.35. The van der Waals surface area contributed by atoms with E-state index in [4.69, 9.17) is 0 Å². The average molecular weight is 258 g/mol. The third kappa shape index (κ3) is 3.20. The molecule has 4 heteroatoms. The summed E-state index contributed by atoms with van der Waals surface area (Å²) in [6.45, 7) is 8.23. The molecule has 0 aliphatic rings. The van der Waals surface area contributed by atoms with Gasteiger partial charge >= 0.3 is 0 Å². The Labute approximate surface area is 114 Å². The second-order valence-electron chi connectivity index (χ2n) is 4.62. The van der Waals surface area contributed by atoms with E-state index in [1.807, 2.05) is 24.7 Å². The van der Waals surface area contributed by atoms with Gasteiger partial charge in [-0.05, 0) is 32.0 Å². The van der Waals surface area contributed by atoms with Crippen LogP contribution >= 0.6 is 0 Å². The second-order valence-corrected chi connectivity index (χ2v) is 4.62. The smallest absolute Gasteiger partial charge is 0.110 e. The van der Waals surface area contributed by atoms with E-state index in [1.165, 1.54) is 5.56 Å². The zero-order valence-corrected chi connectivity index (χ0v) is 11.9. The van der Waals surface area contributed by atoms with Crippen molar-refractivity contribution in [3.05, 3.63) is 47.8 Å². The van der Waals surface area contributed by atoms with Gasteiger partial charge in [0.15, 0.2) is 0 Å². The summed E-state index contributed by atoms with van der Waals surface area (Å²) in [7, 11) is 0. The van der Waals surface area contributed by atoms with E-state index >= 15 is 0 Å². The van der Waals surface area contributed by atoms with E-state index in [0.717, 1.165) is 31.0 Å². The van der Waals surface area contributed by atoms with Crippen molar-refractivity contribution in [3.8, 4) is 0 Å². The van der Waals surface area contributed by atoms with Crippen LogP contribution in [-0.4, -0.2) is 21.1 Å². The van der Waals surface area contributed by atoms with Crippen molar-refractivity contribution in [2.45, 2.75) is 39.8 Å². The molecule has 19 heavy (non-hydrogen) atoms. The molecule has 1 atom stereocenters. The van der Waals surface area contributed by atoms with Crippen LogP contribution in [0.4, 0.5) is 0 Å². The van der Waals surface area contributed by atoms with E-state index in [-0.39, 0.29) is 6.04 Å². The monoisotopic (exact) mass is 258 g/mol. The first kappa shape index (κ1) is 13.7. The SMILES string of the molecule is CCNC(Cc1nccn1CC)c1cccnc1C. The number of aromatic nitrogens is 3. The molecule has 0 saturated carbocycles. The molecule has 102 valence electrons. The molecule has 2 aromatic heterocycles. The van der Waals surface area contributed by atoms with Gasteiger partial charge in [0.1, 0.15) is 5.82 Å². The molecule has 0 saturated heterocycles. The van der Waals surface area contributed by atoms with Crippen LogP contribution in [0.5, 0.6) is 0 Å². The van der Waals surface area contributed by atoms with Crippen molar-refractivity contribution < 1.29 is 0 Å². The lowest BCUT2D eigenvalue weighted by Gasteiger charge is -2.20. The summed E-state index contributed by atoms with van der Waals surface area (Å²) in [6, 6.07) is 4.42. The van der Waals surface area contributed by atoms with Crippen LogP contribution in [0.3, 0.4) is 0 Å². The highest BCUT2D eigenvalue weighted by Gasteiger charge is 2.16. The Hall–Kier alpha value is -1.68. The molecule has 0 aliphatic heterocycles. The topological polar surface area (TPSA) is 42.7 Å². The third-order valence-corrected chi connectivity index (χ3v) is 3.40. The van der Waals surface area contributed by atoms with Crippen LogP contribution in [0.15, 0.2) is 30.7 Å². The van der Waals surface area contributed by atoms with Gasteiger partial charge in [0, 0.05) is 43.3 Å². The van der Waals surface area contributed by atoms with E-state index < -0.39 is 0 Å². The van der Waals surface area contributed by atoms with Crippen molar-refractivity contribution in [3.63, 3.8) is 0 Å². The zero-order chi connectivity index (χ0) is 13.7. The maximum Gasteiger partial charge on any atom is 0.110 e. The highest BCUT2D eigenvalue weighted by molar-refractivity contribution is 5.23. The summed E-state index contributed by atoms with van der Waals surface area (Å²) in [5, 5.41) is 3.54. The number of hydrogen-bond donors (Lipinski definition) is 1. The quantitative estimate of drug-likeness (QED) is 0.865. The van der Waals surface area contributed by atoms with Gasteiger partial charge in [-0.2, -0.15) is 0 Å². The Bertz CT molecular complexity index is 518. The van der Waals surface area contributed by atoms with Gasteiger partial charge in [-0.1, -0.05) is 13.0 Å². The highest BCUT2D eigenvalue weighted by Crippen LogP contribution is 2.19. The normalized spacial score (nSPS) is 12.6. The summed E-state index contributed by atoms with van der Waals surface area (Å²) < 4.78 is 2.19. The Balaban J connectivity index is 2.24. The standard InChI is InChI=1S/C15H22N4/c1-4-16-14(13-7-6-8-17-12(13)3)11-15-18-9-10-19(15)5-2/h6-10,14,16H,4-5,11H2,1-3H3. The summed E-state index contributed by atoms with van der Waals surface area (Å²) >= 11 is 0. The molecule has 2 rings (SSSR count).